The van der Waals surface area contributed by atoms with Gasteiger partial charge in [-0.15, -0.1) is 0 Å². The monoisotopic (exact) mass is 386 g/mol. The summed E-state index contributed by atoms with van der Waals surface area (Å²) in [6.45, 7) is 0.826. The van der Waals surface area contributed by atoms with Crippen LogP contribution in [0.2, 0.25) is 0 Å². The number of benzene rings is 1. The van der Waals surface area contributed by atoms with E-state index >= 15 is 0 Å². The molecule has 1 aromatic heterocycles. The molecule has 0 amide bonds. The molecule has 0 aliphatic heterocycles. The summed E-state index contributed by atoms with van der Waals surface area (Å²) in [6, 6.07) is 8.80. The maximum atomic E-state index is 5.68. The number of nitrogens with one attached hydrogen (secondary N) is 1. The van der Waals surface area contributed by atoms with E-state index in [0.29, 0.717) is 11.9 Å². The highest BCUT2D eigenvalue weighted by Crippen LogP contribution is 2.53. The van der Waals surface area contributed by atoms with Crippen LogP contribution in [0.15, 0.2) is 39.4 Å². The van der Waals surface area contributed by atoms with Crippen molar-refractivity contribution in [3.8, 4) is 11.5 Å². The molecule has 4 aliphatic carbocycles. The zero-order chi connectivity index (χ0) is 16.1. The van der Waals surface area contributed by atoms with E-state index in [2.05, 4.69) is 26.2 Å². The lowest BCUT2D eigenvalue weighted by atomic mass is 9.54. The molecule has 126 valence electrons. The van der Waals surface area contributed by atoms with Crippen molar-refractivity contribution in [2.75, 3.05) is 0 Å². The SMILES string of the molecule is Brc1ccc(-c2nc(CNC3C4CC5CC(C4)CC3C5)co2)cc1. The van der Waals surface area contributed by atoms with Gasteiger partial charge in [0.1, 0.15) is 6.26 Å². The van der Waals surface area contributed by atoms with Crippen LogP contribution in [-0.4, -0.2) is 11.0 Å². The van der Waals surface area contributed by atoms with Crippen molar-refractivity contribution in [1.82, 2.24) is 10.3 Å². The first-order chi connectivity index (χ1) is 11.7. The molecule has 0 radical (unpaired) electrons. The molecule has 4 aliphatic rings. The molecule has 0 spiro atoms. The predicted octanol–water partition coefficient (Wildman–Crippen LogP) is 5.02. The van der Waals surface area contributed by atoms with E-state index in [1.807, 2.05) is 24.3 Å². The van der Waals surface area contributed by atoms with E-state index in [9.17, 15) is 0 Å². The summed E-state index contributed by atoms with van der Waals surface area (Å²) >= 11 is 3.46. The topological polar surface area (TPSA) is 38.1 Å². The molecular weight excluding hydrogens is 364 g/mol. The van der Waals surface area contributed by atoms with Gasteiger partial charge >= 0.3 is 0 Å². The molecule has 2 aromatic rings. The average molecular weight is 387 g/mol. The minimum atomic E-state index is 0.700. The number of rotatable bonds is 4. The summed E-state index contributed by atoms with van der Waals surface area (Å²) in [4.78, 5) is 4.67. The van der Waals surface area contributed by atoms with Crippen LogP contribution in [0.5, 0.6) is 0 Å². The summed E-state index contributed by atoms with van der Waals surface area (Å²) in [5.74, 6) is 4.57. The van der Waals surface area contributed by atoms with Crippen LogP contribution >= 0.6 is 15.9 Å². The van der Waals surface area contributed by atoms with Gasteiger partial charge < -0.3 is 9.73 Å². The summed E-state index contributed by atoms with van der Waals surface area (Å²) in [6.07, 6.45) is 9.13. The van der Waals surface area contributed by atoms with E-state index in [1.165, 1.54) is 32.1 Å². The highest BCUT2D eigenvalue weighted by molar-refractivity contribution is 9.10. The number of hydrogen-bond donors (Lipinski definition) is 1. The van der Waals surface area contributed by atoms with Gasteiger partial charge in [-0.1, -0.05) is 15.9 Å². The lowest BCUT2D eigenvalue weighted by Crippen LogP contribution is -2.54. The van der Waals surface area contributed by atoms with Gasteiger partial charge in [0, 0.05) is 22.6 Å². The maximum absolute atomic E-state index is 5.68. The fourth-order valence-corrected chi connectivity index (χ4v) is 5.86. The van der Waals surface area contributed by atoms with Crippen LogP contribution in [0.25, 0.3) is 11.5 Å². The Morgan fingerprint density at radius 2 is 1.67 bits per heavy atom. The molecule has 24 heavy (non-hydrogen) atoms. The van der Waals surface area contributed by atoms with Gasteiger partial charge in [0.05, 0.1) is 5.69 Å². The number of halogens is 1. The average Bonchev–Trinajstić information content (AvgIpc) is 3.03. The molecule has 0 saturated heterocycles. The van der Waals surface area contributed by atoms with Gasteiger partial charge in [-0.05, 0) is 80.0 Å². The summed E-state index contributed by atoms with van der Waals surface area (Å²) in [5, 5.41) is 3.82. The standard InChI is InChI=1S/C20H23BrN2O/c21-17-3-1-14(2-4-17)20-23-18(11-24-20)10-22-19-15-6-12-5-13(8-15)9-16(19)7-12/h1-4,11-13,15-16,19,22H,5-10H2. The summed E-state index contributed by atoms with van der Waals surface area (Å²) in [7, 11) is 0. The Kier molecular flexibility index (Phi) is 3.78. The molecule has 6 rings (SSSR count). The maximum Gasteiger partial charge on any atom is 0.226 e. The van der Waals surface area contributed by atoms with Crippen LogP contribution in [0.4, 0.5) is 0 Å². The first-order valence-electron chi connectivity index (χ1n) is 9.18. The molecule has 4 fully saturated rings. The van der Waals surface area contributed by atoms with E-state index in [-0.39, 0.29) is 0 Å². The first-order valence-corrected chi connectivity index (χ1v) is 9.97. The summed E-state index contributed by atoms with van der Waals surface area (Å²) in [5.41, 5.74) is 2.04. The summed E-state index contributed by atoms with van der Waals surface area (Å²) < 4.78 is 6.75. The minimum absolute atomic E-state index is 0.700. The second-order valence-corrected chi connectivity index (χ2v) is 8.90. The largest absolute Gasteiger partial charge is 0.444 e. The number of hydrogen-bond acceptors (Lipinski definition) is 3. The number of aromatic nitrogens is 1. The molecule has 4 bridgehead atoms. The zero-order valence-corrected chi connectivity index (χ0v) is 15.3. The Morgan fingerprint density at radius 1 is 1.00 bits per heavy atom. The molecule has 0 unspecified atom stereocenters. The third kappa shape index (κ3) is 2.74. The molecule has 0 atom stereocenters. The Labute approximate surface area is 151 Å². The number of oxazole rings is 1. The van der Waals surface area contributed by atoms with Gasteiger partial charge in [0.15, 0.2) is 0 Å². The van der Waals surface area contributed by atoms with Gasteiger partial charge in [0.2, 0.25) is 5.89 Å². The first kappa shape index (κ1) is 15.2. The predicted molar refractivity (Wildman–Crippen MR) is 97.3 cm³/mol. The van der Waals surface area contributed by atoms with Crippen molar-refractivity contribution in [3.05, 3.63) is 40.7 Å². The molecule has 4 saturated carbocycles. The van der Waals surface area contributed by atoms with Gasteiger partial charge in [-0.3, -0.25) is 0 Å². The van der Waals surface area contributed by atoms with Gasteiger partial charge in [-0.25, -0.2) is 4.98 Å². The third-order valence-corrected chi connectivity index (χ3v) is 6.92. The highest BCUT2D eigenvalue weighted by atomic mass is 79.9. The normalized spacial score (nSPS) is 34.0. The van der Waals surface area contributed by atoms with Crippen molar-refractivity contribution >= 4 is 15.9 Å². The quantitative estimate of drug-likeness (QED) is 0.801. The molecule has 1 heterocycles. The molecular formula is C20H23BrN2O. The Bertz CT molecular complexity index is 695. The van der Waals surface area contributed by atoms with Crippen molar-refractivity contribution in [1.29, 1.82) is 0 Å². The second-order valence-electron chi connectivity index (χ2n) is 7.99. The highest BCUT2D eigenvalue weighted by Gasteiger charge is 2.47. The lowest BCUT2D eigenvalue weighted by molar-refractivity contribution is -0.0143. The minimum Gasteiger partial charge on any atom is -0.444 e. The zero-order valence-electron chi connectivity index (χ0n) is 13.7. The van der Waals surface area contributed by atoms with Gasteiger partial charge in [0.25, 0.3) is 0 Å². The Hall–Kier alpha value is -1.13. The van der Waals surface area contributed by atoms with Gasteiger partial charge in [-0.2, -0.15) is 0 Å². The van der Waals surface area contributed by atoms with E-state index in [1.54, 1.807) is 6.26 Å². The Balaban J connectivity index is 1.25. The smallest absolute Gasteiger partial charge is 0.226 e. The van der Waals surface area contributed by atoms with Crippen LogP contribution in [0, 0.1) is 23.7 Å². The third-order valence-electron chi connectivity index (χ3n) is 6.39. The van der Waals surface area contributed by atoms with E-state index in [0.717, 1.165) is 45.9 Å². The van der Waals surface area contributed by atoms with Crippen molar-refractivity contribution < 1.29 is 4.42 Å². The number of nitrogens with zero attached hydrogens (tertiary/aromatic N) is 1. The fraction of sp³-hybridized carbons (Fsp3) is 0.550. The van der Waals surface area contributed by atoms with Crippen molar-refractivity contribution in [2.24, 2.45) is 23.7 Å². The van der Waals surface area contributed by atoms with Crippen molar-refractivity contribution in [3.63, 3.8) is 0 Å². The van der Waals surface area contributed by atoms with Crippen molar-refractivity contribution in [2.45, 2.75) is 44.7 Å². The van der Waals surface area contributed by atoms with Crippen LogP contribution < -0.4 is 5.32 Å². The molecule has 1 N–H and O–H groups in total. The molecule has 1 aromatic carbocycles. The molecule has 4 heteroatoms. The lowest BCUT2D eigenvalue weighted by Gasteiger charge is -2.54. The molecule has 3 nitrogen and oxygen atoms in total. The van der Waals surface area contributed by atoms with E-state index < -0.39 is 0 Å². The van der Waals surface area contributed by atoms with Crippen LogP contribution in [0.1, 0.15) is 37.8 Å². The second kappa shape index (κ2) is 5.99. The fourth-order valence-electron chi connectivity index (χ4n) is 5.59. The van der Waals surface area contributed by atoms with Crippen LogP contribution in [0.3, 0.4) is 0 Å². The van der Waals surface area contributed by atoms with E-state index in [4.69, 9.17) is 4.42 Å². The Morgan fingerprint density at radius 3 is 2.33 bits per heavy atom. The van der Waals surface area contributed by atoms with Crippen LogP contribution in [-0.2, 0) is 6.54 Å².